The Labute approximate surface area is 230 Å². The van der Waals surface area contributed by atoms with Crippen LogP contribution in [0.2, 0.25) is 0 Å². The lowest BCUT2D eigenvalue weighted by atomic mass is 9.94. The largest absolute Gasteiger partial charge is 0.488 e. The highest BCUT2D eigenvalue weighted by Crippen LogP contribution is 2.37. The highest BCUT2D eigenvalue weighted by molar-refractivity contribution is 5.55. The van der Waals surface area contributed by atoms with E-state index in [-0.39, 0.29) is 25.3 Å². The van der Waals surface area contributed by atoms with Gasteiger partial charge in [0, 0.05) is 54.9 Å². The molecule has 2 fully saturated rings. The zero-order valence-electron chi connectivity index (χ0n) is 21.8. The summed E-state index contributed by atoms with van der Waals surface area (Å²) in [6.45, 7) is 3.94. The average molecular weight is 549 g/mol. The Morgan fingerprint density at radius 1 is 0.925 bits per heavy atom. The van der Waals surface area contributed by atoms with E-state index in [0.717, 1.165) is 43.6 Å². The smallest absolute Gasteiger partial charge is 0.193 e. The topological polar surface area (TPSA) is 90.9 Å². The molecule has 3 heterocycles. The van der Waals surface area contributed by atoms with Gasteiger partial charge in [0.15, 0.2) is 6.29 Å². The summed E-state index contributed by atoms with van der Waals surface area (Å²) in [5.74, 6) is -0.712. The Kier molecular flexibility index (Phi) is 7.23. The van der Waals surface area contributed by atoms with Gasteiger partial charge in [-0.05, 0) is 54.6 Å². The first-order valence-electron chi connectivity index (χ1n) is 13.1. The minimum Gasteiger partial charge on any atom is -0.488 e. The standard InChI is InChI=1S/C29H30F2N6O3/c30-21-1-10-26(27(31)15-21)29(17-37-20-33-19-34-37)18-39-28(40-29)16-38-25-8-6-24(7-9-25)36-13-11-35(12-14-36)23-4-2-22(32)3-5-23/h1-10,15,19-20,28H,11-14,16-18,32H2/t28-,29+/m0/s1. The van der Waals surface area contributed by atoms with Gasteiger partial charge in [-0.2, -0.15) is 5.10 Å². The number of rotatable bonds is 8. The number of hydrogen-bond donors (Lipinski definition) is 1. The molecule has 0 saturated carbocycles. The van der Waals surface area contributed by atoms with Crippen LogP contribution in [0.15, 0.2) is 79.4 Å². The summed E-state index contributed by atoms with van der Waals surface area (Å²) in [7, 11) is 0. The molecule has 0 unspecified atom stereocenters. The molecular weight excluding hydrogens is 518 g/mol. The molecule has 2 aliphatic rings. The Morgan fingerprint density at radius 3 is 2.23 bits per heavy atom. The summed E-state index contributed by atoms with van der Waals surface area (Å²) in [4.78, 5) is 8.65. The van der Waals surface area contributed by atoms with Gasteiger partial charge in [0.1, 0.15) is 42.2 Å². The van der Waals surface area contributed by atoms with E-state index in [0.29, 0.717) is 5.75 Å². The minimum atomic E-state index is -1.21. The van der Waals surface area contributed by atoms with Crippen LogP contribution in [-0.2, 0) is 21.6 Å². The molecule has 2 N–H and O–H groups in total. The van der Waals surface area contributed by atoms with Crippen LogP contribution in [0.4, 0.5) is 25.8 Å². The number of nitrogens with zero attached hydrogens (tertiary/aromatic N) is 5. The van der Waals surface area contributed by atoms with Gasteiger partial charge >= 0.3 is 0 Å². The average Bonchev–Trinajstić information content (AvgIpc) is 3.63. The summed E-state index contributed by atoms with van der Waals surface area (Å²) in [6, 6.07) is 19.3. The van der Waals surface area contributed by atoms with E-state index in [2.05, 4.69) is 32.0 Å². The SMILES string of the molecule is Nc1ccc(N2CCN(c3ccc(OC[C@H]4OC[C@](Cn5cncn5)(c5ccc(F)cc5F)O4)cc3)CC2)cc1. The number of hydrogen-bond acceptors (Lipinski definition) is 8. The number of aromatic nitrogens is 3. The van der Waals surface area contributed by atoms with Crippen molar-refractivity contribution in [1.82, 2.24) is 14.8 Å². The van der Waals surface area contributed by atoms with E-state index in [1.165, 1.54) is 35.2 Å². The van der Waals surface area contributed by atoms with Crippen LogP contribution >= 0.6 is 0 Å². The molecular formula is C29H30F2N6O3. The molecule has 0 radical (unpaired) electrons. The van der Waals surface area contributed by atoms with Gasteiger partial charge in [0.25, 0.3) is 0 Å². The van der Waals surface area contributed by atoms with Crippen molar-refractivity contribution >= 4 is 17.1 Å². The maximum Gasteiger partial charge on any atom is 0.193 e. The van der Waals surface area contributed by atoms with Crippen molar-refractivity contribution in [1.29, 1.82) is 0 Å². The summed E-state index contributed by atoms with van der Waals surface area (Å²) in [5.41, 5.74) is 7.86. The molecule has 2 aliphatic heterocycles. The number of ether oxygens (including phenoxy) is 3. The molecule has 0 spiro atoms. The highest BCUT2D eigenvalue weighted by Gasteiger charge is 2.45. The maximum atomic E-state index is 14.8. The summed E-state index contributed by atoms with van der Waals surface area (Å²) in [6.07, 6.45) is 2.14. The molecule has 40 heavy (non-hydrogen) atoms. The van der Waals surface area contributed by atoms with Crippen LogP contribution in [0.25, 0.3) is 0 Å². The summed E-state index contributed by atoms with van der Waals surface area (Å²) in [5, 5.41) is 4.12. The third kappa shape index (κ3) is 5.56. The van der Waals surface area contributed by atoms with Crippen LogP contribution in [-0.4, -0.2) is 60.4 Å². The first kappa shape index (κ1) is 26.0. The number of halogens is 2. The lowest BCUT2D eigenvalue weighted by molar-refractivity contribution is -0.117. The monoisotopic (exact) mass is 548 g/mol. The molecule has 2 saturated heterocycles. The van der Waals surface area contributed by atoms with E-state index in [9.17, 15) is 8.78 Å². The Hall–Kier alpha value is -4.22. The van der Waals surface area contributed by atoms with E-state index in [1.807, 2.05) is 36.4 Å². The fourth-order valence-corrected chi connectivity index (χ4v) is 5.20. The number of nitrogen functional groups attached to an aromatic ring is 1. The second-order valence-electron chi connectivity index (χ2n) is 9.94. The fraction of sp³-hybridized carbons (Fsp3) is 0.310. The van der Waals surface area contributed by atoms with Crippen molar-refractivity contribution in [2.45, 2.75) is 18.4 Å². The van der Waals surface area contributed by atoms with Gasteiger partial charge in [-0.3, -0.25) is 0 Å². The summed E-state index contributed by atoms with van der Waals surface area (Å²) >= 11 is 0. The first-order chi connectivity index (χ1) is 19.5. The van der Waals surface area contributed by atoms with Crippen molar-refractivity contribution < 1.29 is 23.0 Å². The van der Waals surface area contributed by atoms with Gasteiger partial charge in [0.05, 0.1) is 13.2 Å². The molecule has 208 valence electrons. The molecule has 2 atom stereocenters. The molecule has 4 aromatic rings. The predicted octanol–water partition coefficient (Wildman–Crippen LogP) is 3.81. The second kappa shape index (κ2) is 11.1. The van der Waals surface area contributed by atoms with Crippen LogP contribution in [0.5, 0.6) is 5.75 Å². The van der Waals surface area contributed by atoms with Gasteiger partial charge in [-0.15, -0.1) is 0 Å². The number of benzene rings is 3. The lowest BCUT2D eigenvalue weighted by Crippen LogP contribution is -2.46. The van der Waals surface area contributed by atoms with Gasteiger partial charge < -0.3 is 29.7 Å². The van der Waals surface area contributed by atoms with Crippen molar-refractivity contribution in [2.75, 3.05) is 54.9 Å². The molecule has 0 aliphatic carbocycles. The first-order valence-corrected chi connectivity index (χ1v) is 13.1. The molecule has 1 aromatic heterocycles. The molecule has 0 amide bonds. The van der Waals surface area contributed by atoms with Crippen LogP contribution in [0, 0.1) is 11.6 Å². The van der Waals surface area contributed by atoms with Crippen molar-refractivity contribution in [2.24, 2.45) is 0 Å². The van der Waals surface area contributed by atoms with Crippen molar-refractivity contribution in [3.8, 4) is 5.75 Å². The van der Waals surface area contributed by atoms with Crippen LogP contribution in [0.1, 0.15) is 5.56 Å². The van der Waals surface area contributed by atoms with E-state index in [4.69, 9.17) is 19.9 Å². The van der Waals surface area contributed by atoms with Gasteiger partial charge in [-0.1, -0.05) is 6.07 Å². The zero-order chi connectivity index (χ0) is 27.5. The Balaban J connectivity index is 1.06. The van der Waals surface area contributed by atoms with Gasteiger partial charge in [0.2, 0.25) is 0 Å². The van der Waals surface area contributed by atoms with Crippen LogP contribution in [0.3, 0.4) is 0 Å². The molecule has 6 rings (SSSR count). The third-order valence-electron chi connectivity index (χ3n) is 7.29. The van der Waals surface area contributed by atoms with E-state index in [1.54, 1.807) is 0 Å². The molecule has 0 bridgehead atoms. The number of nitrogens with two attached hydrogens (primary N) is 1. The van der Waals surface area contributed by atoms with Gasteiger partial charge in [-0.25, -0.2) is 18.4 Å². The second-order valence-corrected chi connectivity index (χ2v) is 9.94. The number of piperazine rings is 1. The summed E-state index contributed by atoms with van der Waals surface area (Å²) < 4.78 is 48.0. The zero-order valence-corrected chi connectivity index (χ0v) is 21.8. The number of anilines is 3. The molecule has 11 heteroatoms. The third-order valence-corrected chi connectivity index (χ3v) is 7.29. The van der Waals surface area contributed by atoms with Crippen molar-refractivity contribution in [3.63, 3.8) is 0 Å². The quantitative estimate of drug-likeness (QED) is 0.333. The minimum absolute atomic E-state index is 0.0464. The predicted molar refractivity (Wildman–Crippen MR) is 146 cm³/mol. The Morgan fingerprint density at radius 2 is 1.60 bits per heavy atom. The highest BCUT2D eigenvalue weighted by atomic mass is 19.1. The van der Waals surface area contributed by atoms with E-state index < -0.39 is 23.5 Å². The molecule has 9 nitrogen and oxygen atoms in total. The lowest BCUT2D eigenvalue weighted by Gasteiger charge is -2.37. The Bertz CT molecular complexity index is 1410. The maximum absolute atomic E-state index is 14.8. The normalized spacial score (nSPS) is 21.1. The van der Waals surface area contributed by atoms with E-state index >= 15 is 0 Å². The fourth-order valence-electron chi connectivity index (χ4n) is 5.20. The van der Waals surface area contributed by atoms with Crippen molar-refractivity contribution in [3.05, 3.63) is 96.6 Å². The molecule has 3 aromatic carbocycles. The van der Waals surface area contributed by atoms with Crippen LogP contribution < -0.4 is 20.3 Å².